The number of aryl methyl sites for hydroxylation is 2. The molecule has 1 N–H and O–H groups in total. The largest absolute Gasteiger partial charge is 0.493 e. The van der Waals surface area contributed by atoms with E-state index in [1.807, 2.05) is 26.0 Å². The number of halogens is 1. The Morgan fingerprint density at radius 3 is 2.30 bits per heavy atom. The summed E-state index contributed by atoms with van der Waals surface area (Å²) in [5.74, 6) is 0.180. The van der Waals surface area contributed by atoms with E-state index < -0.39 is 4.92 Å². The Kier molecular flexibility index (Phi) is 6.47. The van der Waals surface area contributed by atoms with Crippen LogP contribution in [0.15, 0.2) is 38.6 Å². The molecule has 1 aliphatic rings. The highest BCUT2D eigenvalue weighted by Crippen LogP contribution is 2.37. The Bertz CT molecular complexity index is 1090. The molecular weight excluding hydrogens is 474 g/mol. The maximum atomic E-state index is 12.4. The van der Waals surface area contributed by atoms with Crippen LogP contribution < -0.4 is 14.8 Å². The van der Waals surface area contributed by atoms with Crippen molar-refractivity contribution in [3.05, 3.63) is 60.4 Å². The van der Waals surface area contributed by atoms with Gasteiger partial charge in [0.15, 0.2) is 16.7 Å². The molecule has 1 heterocycles. The van der Waals surface area contributed by atoms with E-state index in [1.54, 1.807) is 0 Å². The van der Waals surface area contributed by atoms with Crippen LogP contribution in [-0.2, 0) is 4.79 Å². The van der Waals surface area contributed by atoms with Crippen LogP contribution in [0.25, 0.3) is 6.08 Å². The average Bonchev–Trinajstić information content (AvgIpc) is 3.04. The second-order valence-corrected chi connectivity index (χ2v) is 8.22. The molecule has 0 aromatic heterocycles. The zero-order chi connectivity index (χ0) is 22.0. The standard InChI is InChI=1S/C20H18BrN3O5S/c1-10-5-13(6-11(2)18(10)21)22-20-23-19(25)17(30-20)8-12-7-15(28-3)16(29-4)9-14(12)24(26)27/h5-9H,1-4H3,(H,22,23,25)/b17-8-. The van der Waals surface area contributed by atoms with Crippen LogP contribution in [0.2, 0.25) is 0 Å². The van der Waals surface area contributed by atoms with Crippen molar-refractivity contribution >= 4 is 56.2 Å². The van der Waals surface area contributed by atoms with Crippen LogP contribution in [0, 0.1) is 24.0 Å². The summed E-state index contributed by atoms with van der Waals surface area (Å²) in [7, 11) is 2.83. The van der Waals surface area contributed by atoms with Gasteiger partial charge in [-0.15, -0.1) is 0 Å². The second kappa shape index (κ2) is 8.88. The monoisotopic (exact) mass is 491 g/mol. The topological polar surface area (TPSA) is 103 Å². The van der Waals surface area contributed by atoms with Gasteiger partial charge in [-0.05, 0) is 61.0 Å². The van der Waals surface area contributed by atoms with Crippen LogP contribution in [-0.4, -0.2) is 30.2 Å². The van der Waals surface area contributed by atoms with Gasteiger partial charge in [0.25, 0.3) is 11.6 Å². The molecule has 0 spiro atoms. The number of carbonyl (C=O) groups is 1. The number of methoxy groups -OCH3 is 2. The molecule has 0 aliphatic carbocycles. The number of nitro groups is 1. The van der Waals surface area contributed by atoms with Gasteiger partial charge in [0.05, 0.1) is 41.4 Å². The zero-order valence-corrected chi connectivity index (χ0v) is 19.0. The number of amidine groups is 1. The van der Waals surface area contributed by atoms with E-state index in [9.17, 15) is 14.9 Å². The fraction of sp³-hybridized carbons (Fsp3) is 0.200. The number of ether oxygens (including phenoxy) is 2. The molecule has 1 saturated heterocycles. The van der Waals surface area contributed by atoms with E-state index >= 15 is 0 Å². The highest BCUT2D eigenvalue weighted by atomic mass is 79.9. The van der Waals surface area contributed by atoms with Gasteiger partial charge < -0.3 is 14.8 Å². The minimum absolute atomic E-state index is 0.196. The number of thioether (sulfide) groups is 1. The molecule has 0 unspecified atom stereocenters. The van der Waals surface area contributed by atoms with Gasteiger partial charge >= 0.3 is 0 Å². The van der Waals surface area contributed by atoms with Gasteiger partial charge in [-0.3, -0.25) is 14.9 Å². The van der Waals surface area contributed by atoms with Crippen LogP contribution in [0.3, 0.4) is 0 Å². The quantitative estimate of drug-likeness (QED) is 0.363. The zero-order valence-electron chi connectivity index (χ0n) is 16.6. The molecular formula is C20H18BrN3O5S. The number of nitrogens with one attached hydrogen (secondary N) is 1. The number of hydrogen-bond donors (Lipinski definition) is 1. The first-order chi connectivity index (χ1) is 14.2. The fourth-order valence-electron chi connectivity index (χ4n) is 2.88. The van der Waals surface area contributed by atoms with Crippen LogP contribution in [0.4, 0.5) is 11.4 Å². The first-order valence-electron chi connectivity index (χ1n) is 8.70. The van der Waals surface area contributed by atoms with E-state index in [0.29, 0.717) is 16.6 Å². The Morgan fingerprint density at radius 2 is 1.73 bits per heavy atom. The Hall–Kier alpha value is -2.85. The highest BCUT2D eigenvalue weighted by molar-refractivity contribution is 9.10. The summed E-state index contributed by atoms with van der Waals surface area (Å²) >= 11 is 4.63. The maximum Gasteiger partial charge on any atom is 0.280 e. The second-order valence-electron chi connectivity index (χ2n) is 6.40. The number of nitrogens with zero attached hydrogens (tertiary/aromatic N) is 2. The Morgan fingerprint density at radius 1 is 1.13 bits per heavy atom. The first-order valence-corrected chi connectivity index (χ1v) is 10.3. The number of rotatable bonds is 5. The van der Waals surface area contributed by atoms with Gasteiger partial charge in [0, 0.05) is 4.47 Å². The summed E-state index contributed by atoms with van der Waals surface area (Å²) in [5, 5.41) is 14.6. The molecule has 1 aliphatic heterocycles. The van der Waals surface area contributed by atoms with Crippen LogP contribution >= 0.6 is 27.7 Å². The summed E-state index contributed by atoms with van der Waals surface area (Å²) in [6, 6.07) is 6.54. The maximum absolute atomic E-state index is 12.4. The fourth-order valence-corrected chi connectivity index (χ4v) is 3.95. The van der Waals surface area contributed by atoms with Crippen molar-refractivity contribution in [3.8, 4) is 11.5 Å². The van der Waals surface area contributed by atoms with E-state index in [1.165, 1.54) is 32.4 Å². The van der Waals surface area contributed by atoms with Gasteiger partial charge in [0.2, 0.25) is 0 Å². The van der Waals surface area contributed by atoms with Gasteiger partial charge in [0.1, 0.15) is 0 Å². The lowest BCUT2D eigenvalue weighted by Gasteiger charge is -2.09. The summed E-state index contributed by atoms with van der Waals surface area (Å²) in [5.41, 5.74) is 2.79. The number of amides is 1. The third-order valence-electron chi connectivity index (χ3n) is 4.32. The molecule has 0 bridgehead atoms. The summed E-state index contributed by atoms with van der Waals surface area (Å²) < 4.78 is 11.4. The number of carbonyl (C=O) groups excluding carboxylic acids is 1. The minimum atomic E-state index is -0.533. The summed E-state index contributed by atoms with van der Waals surface area (Å²) in [6.45, 7) is 3.92. The predicted octanol–water partition coefficient (Wildman–Crippen LogP) is 4.88. The van der Waals surface area contributed by atoms with Crippen molar-refractivity contribution in [2.45, 2.75) is 13.8 Å². The van der Waals surface area contributed by atoms with Gasteiger partial charge in [-0.25, -0.2) is 4.99 Å². The number of hydrogen-bond acceptors (Lipinski definition) is 7. The smallest absolute Gasteiger partial charge is 0.280 e. The molecule has 30 heavy (non-hydrogen) atoms. The summed E-state index contributed by atoms with van der Waals surface area (Å²) in [6.07, 6.45) is 1.45. The van der Waals surface area contributed by atoms with Crippen molar-refractivity contribution in [1.29, 1.82) is 0 Å². The lowest BCUT2D eigenvalue weighted by Crippen LogP contribution is -2.19. The average molecular weight is 492 g/mol. The van der Waals surface area contributed by atoms with Crippen LogP contribution in [0.5, 0.6) is 11.5 Å². The van der Waals surface area contributed by atoms with Gasteiger partial charge in [-0.2, -0.15) is 0 Å². The normalized spacial score (nSPS) is 16.1. The molecule has 10 heteroatoms. The van der Waals surface area contributed by atoms with E-state index in [0.717, 1.165) is 27.4 Å². The number of nitro benzene ring substituents is 1. The molecule has 3 rings (SSSR count). The molecule has 2 aromatic rings. The van der Waals surface area contributed by atoms with E-state index in [4.69, 9.17) is 9.47 Å². The van der Waals surface area contributed by atoms with Crippen molar-refractivity contribution in [3.63, 3.8) is 0 Å². The Labute approximate surface area is 185 Å². The third-order valence-corrected chi connectivity index (χ3v) is 6.48. The molecule has 2 aromatic carbocycles. The lowest BCUT2D eigenvalue weighted by atomic mass is 10.1. The molecule has 8 nitrogen and oxygen atoms in total. The van der Waals surface area contributed by atoms with Crippen molar-refractivity contribution in [2.75, 3.05) is 14.2 Å². The number of benzene rings is 2. The van der Waals surface area contributed by atoms with E-state index in [-0.39, 0.29) is 27.8 Å². The lowest BCUT2D eigenvalue weighted by molar-refractivity contribution is -0.385. The molecule has 1 amide bonds. The third kappa shape index (κ3) is 4.49. The van der Waals surface area contributed by atoms with Crippen LogP contribution in [0.1, 0.15) is 16.7 Å². The van der Waals surface area contributed by atoms with Crippen molar-refractivity contribution < 1.29 is 19.2 Å². The van der Waals surface area contributed by atoms with Crippen molar-refractivity contribution in [1.82, 2.24) is 5.32 Å². The highest BCUT2D eigenvalue weighted by Gasteiger charge is 2.26. The van der Waals surface area contributed by atoms with Crippen molar-refractivity contribution in [2.24, 2.45) is 4.99 Å². The minimum Gasteiger partial charge on any atom is -0.493 e. The van der Waals surface area contributed by atoms with E-state index in [2.05, 4.69) is 26.2 Å². The first kappa shape index (κ1) is 21.8. The molecule has 1 fully saturated rings. The SMILES string of the molecule is COc1cc(/C=C2\SC(=Nc3cc(C)c(Br)c(C)c3)NC2=O)c([N+](=O)[O-])cc1OC. The molecule has 0 saturated carbocycles. The Balaban J connectivity index is 1.98. The molecule has 0 atom stereocenters. The predicted molar refractivity (Wildman–Crippen MR) is 121 cm³/mol. The molecule has 156 valence electrons. The molecule has 0 radical (unpaired) electrons. The number of aliphatic imine (C=N–C) groups is 1. The van der Waals surface area contributed by atoms with Gasteiger partial charge in [-0.1, -0.05) is 15.9 Å². The summed E-state index contributed by atoms with van der Waals surface area (Å²) in [4.78, 5) is 28.1.